The molecule has 2 N–H and O–H groups in total. The third-order valence-electron chi connectivity index (χ3n) is 2.50. The van der Waals surface area contributed by atoms with Gasteiger partial charge in [-0.2, -0.15) is 4.98 Å². The van der Waals surface area contributed by atoms with Crippen molar-refractivity contribution in [3.63, 3.8) is 0 Å². The van der Waals surface area contributed by atoms with Gasteiger partial charge in [0, 0.05) is 26.1 Å². The molecule has 1 atom stereocenters. The summed E-state index contributed by atoms with van der Waals surface area (Å²) in [5.74, 6) is 1.79. The molecule has 0 aromatic carbocycles. The lowest BCUT2D eigenvalue weighted by molar-refractivity contribution is 0.194. The van der Waals surface area contributed by atoms with E-state index in [-0.39, 0.29) is 0 Å². The first-order valence-electron chi connectivity index (χ1n) is 5.79. The Hall–Kier alpha value is -0.940. The van der Waals surface area contributed by atoms with Gasteiger partial charge in [-0.25, -0.2) is 0 Å². The van der Waals surface area contributed by atoms with Gasteiger partial charge >= 0.3 is 0 Å². The molecule has 0 aliphatic carbocycles. The van der Waals surface area contributed by atoms with Crippen molar-refractivity contribution < 1.29 is 9.26 Å². The minimum atomic E-state index is 0.298. The van der Waals surface area contributed by atoms with Gasteiger partial charge in [0.1, 0.15) is 0 Å². The molecule has 1 aromatic rings. The maximum absolute atomic E-state index is 5.46. The Labute approximate surface area is 96.4 Å². The highest BCUT2D eigenvalue weighted by Crippen LogP contribution is 2.18. The summed E-state index contributed by atoms with van der Waals surface area (Å²) >= 11 is 0. The van der Waals surface area contributed by atoms with Crippen molar-refractivity contribution in [1.29, 1.82) is 0 Å². The number of nitrogens with two attached hydrogens (primary N) is 1. The average molecular weight is 227 g/mol. The van der Waals surface area contributed by atoms with E-state index in [2.05, 4.69) is 17.1 Å². The van der Waals surface area contributed by atoms with Crippen LogP contribution in [-0.4, -0.2) is 30.4 Å². The van der Waals surface area contributed by atoms with Gasteiger partial charge in [0.25, 0.3) is 0 Å². The highest BCUT2D eigenvalue weighted by molar-refractivity contribution is 4.92. The minimum absolute atomic E-state index is 0.298. The fraction of sp³-hybridized carbons (Fsp3) is 0.818. The zero-order chi connectivity index (χ0) is 11.8. The monoisotopic (exact) mass is 227 g/mol. The van der Waals surface area contributed by atoms with Gasteiger partial charge in [-0.3, -0.25) is 0 Å². The second-order valence-electron chi connectivity index (χ2n) is 3.98. The van der Waals surface area contributed by atoms with Gasteiger partial charge in [0.2, 0.25) is 5.89 Å². The molecule has 1 aromatic heterocycles. The lowest BCUT2D eigenvalue weighted by Gasteiger charge is -2.03. The van der Waals surface area contributed by atoms with Gasteiger partial charge in [-0.1, -0.05) is 12.1 Å². The van der Waals surface area contributed by atoms with Gasteiger partial charge in [0.15, 0.2) is 5.82 Å². The molecule has 5 heteroatoms. The Morgan fingerprint density at radius 3 is 2.94 bits per heavy atom. The zero-order valence-corrected chi connectivity index (χ0v) is 10.1. The lowest BCUT2D eigenvalue weighted by atomic mass is 10.1. The van der Waals surface area contributed by atoms with E-state index in [1.807, 2.05) is 0 Å². The van der Waals surface area contributed by atoms with Crippen LogP contribution in [0, 0.1) is 0 Å². The van der Waals surface area contributed by atoms with E-state index in [9.17, 15) is 0 Å². The second-order valence-corrected chi connectivity index (χ2v) is 3.98. The predicted octanol–water partition coefficient (Wildman–Crippen LogP) is 1.49. The van der Waals surface area contributed by atoms with Crippen molar-refractivity contribution >= 4 is 0 Å². The molecule has 0 aliphatic rings. The highest BCUT2D eigenvalue weighted by atomic mass is 16.5. The fourth-order valence-electron chi connectivity index (χ4n) is 1.49. The summed E-state index contributed by atoms with van der Waals surface area (Å²) in [7, 11) is 1.69. The van der Waals surface area contributed by atoms with E-state index in [0.29, 0.717) is 12.5 Å². The first-order valence-corrected chi connectivity index (χ1v) is 5.79. The Bertz CT molecular complexity index is 289. The fourth-order valence-corrected chi connectivity index (χ4v) is 1.49. The molecule has 92 valence electrons. The Morgan fingerprint density at radius 1 is 1.44 bits per heavy atom. The molecule has 5 nitrogen and oxygen atoms in total. The summed E-state index contributed by atoms with van der Waals surface area (Å²) in [6.07, 6.45) is 3.71. The van der Waals surface area contributed by atoms with Crippen molar-refractivity contribution in [3.05, 3.63) is 11.7 Å². The van der Waals surface area contributed by atoms with E-state index in [1.165, 1.54) is 0 Å². The van der Waals surface area contributed by atoms with Crippen LogP contribution >= 0.6 is 0 Å². The number of rotatable bonds is 8. The summed E-state index contributed by atoms with van der Waals surface area (Å²) in [5.41, 5.74) is 5.46. The smallest absolute Gasteiger partial charge is 0.229 e. The molecule has 0 radical (unpaired) electrons. The number of hydrogen-bond acceptors (Lipinski definition) is 5. The molecule has 0 fully saturated rings. The van der Waals surface area contributed by atoms with Crippen molar-refractivity contribution in [2.24, 2.45) is 5.73 Å². The minimum Gasteiger partial charge on any atom is -0.385 e. The van der Waals surface area contributed by atoms with Crippen LogP contribution in [-0.2, 0) is 11.2 Å². The molecule has 0 saturated carbocycles. The molecule has 0 aliphatic heterocycles. The van der Waals surface area contributed by atoms with Crippen LogP contribution in [0.4, 0.5) is 0 Å². The maximum atomic E-state index is 5.46. The van der Waals surface area contributed by atoms with Crippen LogP contribution in [0.25, 0.3) is 0 Å². The molecule has 0 spiro atoms. The molecular formula is C11H21N3O2. The number of hydrogen-bond donors (Lipinski definition) is 1. The number of aryl methyl sites for hydroxylation is 1. The van der Waals surface area contributed by atoms with Crippen molar-refractivity contribution in [1.82, 2.24) is 10.1 Å². The molecule has 16 heavy (non-hydrogen) atoms. The molecule has 0 saturated heterocycles. The number of methoxy groups -OCH3 is 1. The lowest BCUT2D eigenvalue weighted by Crippen LogP contribution is -2.02. The Balaban J connectivity index is 2.37. The summed E-state index contributed by atoms with van der Waals surface area (Å²) in [6.45, 7) is 3.52. The second kappa shape index (κ2) is 7.35. The van der Waals surface area contributed by atoms with Gasteiger partial charge < -0.3 is 15.0 Å². The van der Waals surface area contributed by atoms with Crippen LogP contribution in [0.1, 0.15) is 43.8 Å². The van der Waals surface area contributed by atoms with E-state index in [0.717, 1.165) is 44.0 Å². The molecule has 1 rings (SSSR count). The standard InChI is InChI=1S/C11H21N3O2/c1-9(5-3-7-12)11-13-10(14-16-11)6-4-8-15-2/h9H,3-8,12H2,1-2H3. The summed E-state index contributed by atoms with van der Waals surface area (Å²) in [5, 5.41) is 3.94. The first-order chi connectivity index (χ1) is 7.77. The van der Waals surface area contributed by atoms with Crippen LogP contribution in [0.2, 0.25) is 0 Å². The topological polar surface area (TPSA) is 74.2 Å². The van der Waals surface area contributed by atoms with E-state index < -0.39 is 0 Å². The van der Waals surface area contributed by atoms with E-state index in [1.54, 1.807) is 7.11 Å². The third kappa shape index (κ3) is 4.28. The normalized spacial score (nSPS) is 12.9. The average Bonchev–Trinajstić information content (AvgIpc) is 2.75. The van der Waals surface area contributed by atoms with Gasteiger partial charge in [-0.05, 0) is 25.8 Å². The number of aromatic nitrogens is 2. The van der Waals surface area contributed by atoms with E-state index >= 15 is 0 Å². The zero-order valence-electron chi connectivity index (χ0n) is 10.1. The van der Waals surface area contributed by atoms with Gasteiger partial charge in [-0.15, -0.1) is 0 Å². The third-order valence-corrected chi connectivity index (χ3v) is 2.50. The van der Waals surface area contributed by atoms with Crippen LogP contribution in [0.5, 0.6) is 0 Å². The van der Waals surface area contributed by atoms with Gasteiger partial charge in [0.05, 0.1) is 0 Å². The summed E-state index contributed by atoms with van der Waals surface area (Å²) in [6, 6.07) is 0. The quantitative estimate of drug-likeness (QED) is 0.681. The van der Waals surface area contributed by atoms with Crippen LogP contribution < -0.4 is 5.73 Å². The summed E-state index contributed by atoms with van der Waals surface area (Å²) < 4.78 is 10.2. The highest BCUT2D eigenvalue weighted by Gasteiger charge is 2.13. The molecule has 1 unspecified atom stereocenters. The SMILES string of the molecule is COCCCc1noc(C(C)CCCN)n1. The molecule has 1 heterocycles. The first kappa shape index (κ1) is 13.1. The Kier molecular flexibility index (Phi) is 6.03. The molecule has 0 amide bonds. The van der Waals surface area contributed by atoms with Crippen molar-refractivity contribution in [2.75, 3.05) is 20.3 Å². The predicted molar refractivity (Wildman–Crippen MR) is 61.2 cm³/mol. The van der Waals surface area contributed by atoms with Crippen LogP contribution in [0.15, 0.2) is 4.52 Å². The van der Waals surface area contributed by atoms with Crippen LogP contribution in [0.3, 0.4) is 0 Å². The Morgan fingerprint density at radius 2 is 2.25 bits per heavy atom. The molecular weight excluding hydrogens is 206 g/mol. The number of ether oxygens (including phenoxy) is 1. The largest absolute Gasteiger partial charge is 0.385 e. The number of nitrogens with zero attached hydrogens (tertiary/aromatic N) is 2. The van der Waals surface area contributed by atoms with E-state index in [4.69, 9.17) is 15.0 Å². The van der Waals surface area contributed by atoms with Crippen molar-refractivity contribution in [2.45, 2.75) is 38.5 Å². The van der Waals surface area contributed by atoms with Crippen molar-refractivity contribution in [3.8, 4) is 0 Å². The summed E-state index contributed by atoms with van der Waals surface area (Å²) in [4.78, 5) is 4.36. The maximum Gasteiger partial charge on any atom is 0.229 e. The molecule has 0 bridgehead atoms.